The minimum Gasteiger partial charge on any atom is -0.340 e. The van der Waals surface area contributed by atoms with Crippen LogP contribution in [0.2, 0.25) is 0 Å². The molecule has 1 aromatic carbocycles. The van der Waals surface area contributed by atoms with E-state index in [4.69, 9.17) is 34.8 Å². The van der Waals surface area contributed by atoms with Gasteiger partial charge in [-0.3, -0.25) is 4.79 Å². The standard InChI is InChI=1S/C13H11Cl3N4O/c1-8-6-11(18-7-17-8)19-9-2-4-10(5-3-9)20-12(21)13(14,15)16/h2-7H,1H3,(H,20,21)(H,17,18,19). The van der Waals surface area contributed by atoms with Crippen LogP contribution in [0.25, 0.3) is 0 Å². The number of amides is 1. The van der Waals surface area contributed by atoms with Gasteiger partial charge in [-0.25, -0.2) is 9.97 Å². The molecule has 0 aliphatic heterocycles. The van der Waals surface area contributed by atoms with Crippen LogP contribution in [0.15, 0.2) is 36.7 Å². The maximum Gasteiger partial charge on any atom is 0.276 e. The molecule has 21 heavy (non-hydrogen) atoms. The Morgan fingerprint density at radius 3 is 2.29 bits per heavy atom. The highest BCUT2D eigenvalue weighted by Gasteiger charge is 2.30. The molecule has 2 aromatic rings. The van der Waals surface area contributed by atoms with E-state index in [1.165, 1.54) is 6.33 Å². The molecule has 0 unspecified atom stereocenters. The molecule has 2 N–H and O–H groups in total. The number of carbonyl (C=O) groups excluding carboxylic acids is 1. The third kappa shape index (κ3) is 4.74. The molecular weight excluding hydrogens is 335 g/mol. The van der Waals surface area contributed by atoms with E-state index in [1.54, 1.807) is 24.3 Å². The van der Waals surface area contributed by atoms with Gasteiger partial charge in [0.25, 0.3) is 9.70 Å². The van der Waals surface area contributed by atoms with Gasteiger partial charge in [-0.15, -0.1) is 0 Å². The SMILES string of the molecule is Cc1cc(Nc2ccc(NC(=O)C(Cl)(Cl)Cl)cc2)ncn1. The molecule has 0 saturated heterocycles. The normalized spacial score (nSPS) is 11.0. The van der Waals surface area contributed by atoms with E-state index in [-0.39, 0.29) is 0 Å². The van der Waals surface area contributed by atoms with Gasteiger partial charge in [-0.05, 0) is 31.2 Å². The molecule has 0 aliphatic rings. The summed E-state index contributed by atoms with van der Waals surface area (Å²) in [5.41, 5.74) is 2.19. The third-order valence-electron chi connectivity index (χ3n) is 2.48. The Balaban J connectivity index is 2.04. The Bertz CT molecular complexity index is 641. The monoisotopic (exact) mass is 344 g/mol. The van der Waals surface area contributed by atoms with Crippen molar-refractivity contribution in [3.05, 3.63) is 42.4 Å². The molecular formula is C13H11Cl3N4O. The first-order valence-electron chi connectivity index (χ1n) is 5.88. The summed E-state index contributed by atoms with van der Waals surface area (Å²) in [6.07, 6.45) is 1.48. The number of aryl methyl sites for hydroxylation is 1. The summed E-state index contributed by atoms with van der Waals surface area (Å²) in [7, 11) is 0. The maximum atomic E-state index is 11.5. The van der Waals surface area contributed by atoms with E-state index in [0.717, 1.165) is 11.4 Å². The quantitative estimate of drug-likeness (QED) is 0.830. The van der Waals surface area contributed by atoms with Crippen LogP contribution in [0.4, 0.5) is 17.2 Å². The summed E-state index contributed by atoms with van der Waals surface area (Å²) >= 11 is 16.4. The zero-order valence-electron chi connectivity index (χ0n) is 10.9. The first kappa shape index (κ1) is 15.8. The Labute approximate surface area is 136 Å². The van der Waals surface area contributed by atoms with Gasteiger partial charge in [0.15, 0.2) is 0 Å². The Hall–Kier alpha value is -1.56. The van der Waals surface area contributed by atoms with Crippen molar-refractivity contribution < 1.29 is 4.79 Å². The van der Waals surface area contributed by atoms with Gasteiger partial charge < -0.3 is 10.6 Å². The molecule has 0 fully saturated rings. The second-order valence-corrected chi connectivity index (χ2v) is 6.48. The average molecular weight is 346 g/mol. The third-order valence-corrected chi connectivity index (χ3v) is 2.99. The molecule has 0 radical (unpaired) electrons. The van der Waals surface area contributed by atoms with Gasteiger partial charge in [0, 0.05) is 23.1 Å². The van der Waals surface area contributed by atoms with Crippen LogP contribution in [0.3, 0.4) is 0 Å². The molecule has 8 heteroatoms. The fraction of sp³-hybridized carbons (Fsp3) is 0.154. The topological polar surface area (TPSA) is 66.9 Å². The first-order chi connectivity index (χ1) is 9.84. The van der Waals surface area contributed by atoms with E-state index in [2.05, 4.69) is 20.6 Å². The van der Waals surface area contributed by atoms with Crippen LogP contribution in [0.5, 0.6) is 0 Å². The minimum absolute atomic E-state index is 0.524. The fourth-order valence-corrected chi connectivity index (χ4v) is 1.65. The molecule has 0 saturated carbocycles. The summed E-state index contributed by atoms with van der Waals surface area (Å²) in [5.74, 6) is -0.0276. The van der Waals surface area contributed by atoms with Crippen molar-refractivity contribution in [1.29, 1.82) is 0 Å². The molecule has 110 valence electrons. The molecule has 0 atom stereocenters. The van der Waals surface area contributed by atoms with Crippen molar-refractivity contribution in [2.24, 2.45) is 0 Å². The lowest BCUT2D eigenvalue weighted by molar-refractivity contribution is -0.115. The van der Waals surface area contributed by atoms with Gasteiger partial charge in [-0.2, -0.15) is 0 Å². The highest BCUT2D eigenvalue weighted by Crippen LogP contribution is 2.28. The number of aromatic nitrogens is 2. The number of carbonyl (C=O) groups is 1. The summed E-state index contributed by atoms with van der Waals surface area (Å²) < 4.78 is -1.99. The minimum atomic E-state index is -1.99. The van der Waals surface area contributed by atoms with Crippen LogP contribution < -0.4 is 10.6 Å². The average Bonchev–Trinajstić information content (AvgIpc) is 2.40. The second kappa shape index (κ2) is 6.47. The highest BCUT2D eigenvalue weighted by molar-refractivity contribution is 6.76. The van der Waals surface area contributed by atoms with E-state index in [9.17, 15) is 4.79 Å². The van der Waals surface area contributed by atoms with E-state index >= 15 is 0 Å². The number of nitrogens with one attached hydrogen (secondary N) is 2. The van der Waals surface area contributed by atoms with Crippen molar-refractivity contribution in [3.8, 4) is 0 Å². The zero-order valence-corrected chi connectivity index (χ0v) is 13.2. The van der Waals surface area contributed by atoms with Crippen molar-refractivity contribution in [2.75, 3.05) is 10.6 Å². The molecule has 1 heterocycles. The van der Waals surface area contributed by atoms with E-state index < -0.39 is 9.70 Å². The van der Waals surface area contributed by atoms with Crippen molar-refractivity contribution in [2.45, 2.75) is 10.7 Å². The highest BCUT2D eigenvalue weighted by atomic mass is 35.6. The zero-order chi connectivity index (χ0) is 15.5. The maximum absolute atomic E-state index is 11.5. The van der Waals surface area contributed by atoms with Crippen molar-refractivity contribution >= 4 is 57.9 Å². The number of halogens is 3. The van der Waals surface area contributed by atoms with Gasteiger partial charge >= 0.3 is 0 Å². The smallest absolute Gasteiger partial charge is 0.276 e. The van der Waals surface area contributed by atoms with Gasteiger partial charge in [0.1, 0.15) is 12.1 Å². The van der Waals surface area contributed by atoms with Crippen molar-refractivity contribution in [1.82, 2.24) is 9.97 Å². The Morgan fingerprint density at radius 1 is 1.10 bits per heavy atom. The largest absolute Gasteiger partial charge is 0.340 e. The summed E-state index contributed by atoms with van der Waals surface area (Å²) in [6.45, 7) is 1.88. The Morgan fingerprint density at radius 2 is 1.71 bits per heavy atom. The van der Waals surface area contributed by atoms with E-state index in [0.29, 0.717) is 11.5 Å². The number of nitrogens with zero attached hydrogens (tertiary/aromatic N) is 2. The van der Waals surface area contributed by atoms with Gasteiger partial charge in [-0.1, -0.05) is 34.8 Å². The lowest BCUT2D eigenvalue weighted by Crippen LogP contribution is -2.26. The number of rotatable bonds is 3. The number of alkyl halides is 3. The number of hydrogen-bond donors (Lipinski definition) is 2. The van der Waals surface area contributed by atoms with Crippen LogP contribution >= 0.6 is 34.8 Å². The molecule has 0 spiro atoms. The number of benzene rings is 1. The molecule has 1 amide bonds. The van der Waals surface area contributed by atoms with E-state index in [1.807, 2.05) is 13.0 Å². The van der Waals surface area contributed by atoms with Crippen LogP contribution in [0, 0.1) is 6.92 Å². The fourth-order valence-electron chi connectivity index (χ4n) is 1.51. The number of hydrogen-bond acceptors (Lipinski definition) is 4. The molecule has 1 aromatic heterocycles. The van der Waals surface area contributed by atoms with Gasteiger partial charge in [0.05, 0.1) is 0 Å². The molecule has 2 rings (SSSR count). The Kier molecular flexibility index (Phi) is 4.88. The first-order valence-corrected chi connectivity index (χ1v) is 7.02. The lowest BCUT2D eigenvalue weighted by Gasteiger charge is -2.12. The molecule has 0 aliphatic carbocycles. The lowest BCUT2D eigenvalue weighted by atomic mass is 10.2. The van der Waals surface area contributed by atoms with Gasteiger partial charge in [0.2, 0.25) is 0 Å². The molecule has 0 bridgehead atoms. The van der Waals surface area contributed by atoms with Crippen LogP contribution in [-0.4, -0.2) is 19.7 Å². The summed E-state index contributed by atoms with van der Waals surface area (Å²) in [5, 5.41) is 5.61. The van der Waals surface area contributed by atoms with Crippen molar-refractivity contribution in [3.63, 3.8) is 0 Å². The van der Waals surface area contributed by atoms with Crippen LogP contribution in [0.1, 0.15) is 5.69 Å². The summed E-state index contributed by atoms with van der Waals surface area (Å²) in [6, 6.07) is 8.73. The predicted molar refractivity (Wildman–Crippen MR) is 85.4 cm³/mol. The number of anilines is 3. The van der Waals surface area contributed by atoms with Crippen LogP contribution in [-0.2, 0) is 4.79 Å². The second-order valence-electron chi connectivity index (χ2n) is 4.20. The predicted octanol–water partition coefficient (Wildman–Crippen LogP) is 3.84. The molecule has 5 nitrogen and oxygen atoms in total. The summed E-state index contributed by atoms with van der Waals surface area (Å²) in [4.78, 5) is 19.6.